The van der Waals surface area contributed by atoms with Gasteiger partial charge < -0.3 is 0 Å². The minimum absolute atomic E-state index is 0.0533. The van der Waals surface area contributed by atoms with E-state index in [1.165, 1.54) is 12.1 Å². The first-order chi connectivity index (χ1) is 9.15. The largest absolute Gasteiger partial charge is 0.269 e. The molecule has 98 valence electrons. The Balaban J connectivity index is 1.97. The van der Waals surface area contributed by atoms with Crippen LogP contribution in [0.15, 0.2) is 54.6 Å². The Labute approximate surface area is 113 Å². The van der Waals surface area contributed by atoms with Crippen molar-refractivity contribution in [1.29, 1.82) is 0 Å². The topological polar surface area (TPSA) is 60.2 Å². The van der Waals surface area contributed by atoms with Crippen molar-refractivity contribution in [2.45, 2.75) is 11.5 Å². The average molecular weight is 275 g/mol. The van der Waals surface area contributed by atoms with Crippen LogP contribution in [0.2, 0.25) is 0 Å². The zero-order valence-corrected chi connectivity index (χ0v) is 11.0. The molecule has 0 saturated carbocycles. The Morgan fingerprint density at radius 1 is 0.895 bits per heavy atom. The third-order valence-electron chi connectivity index (χ3n) is 2.65. The van der Waals surface area contributed by atoms with Gasteiger partial charge in [0, 0.05) is 34.4 Å². The van der Waals surface area contributed by atoms with Gasteiger partial charge in [0.25, 0.3) is 5.69 Å². The summed E-state index contributed by atoms with van der Waals surface area (Å²) in [5.41, 5.74) is 1.93. The van der Waals surface area contributed by atoms with E-state index < -0.39 is 15.7 Å². The predicted octanol–water partition coefficient (Wildman–Crippen LogP) is 3.04. The lowest BCUT2D eigenvalue weighted by Crippen LogP contribution is -1.99. The predicted molar refractivity (Wildman–Crippen MR) is 75.1 cm³/mol. The minimum atomic E-state index is -1.01. The van der Waals surface area contributed by atoms with E-state index in [2.05, 4.69) is 0 Å². The fourth-order valence-corrected chi connectivity index (χ4v) is 2.94. The van der Waals surface area contributed by atoms with Crippen LogP contribution in [0.3, 0.4) is 0 Å². The summed E-state index contributed by atoms with van der Waals surface area (Å²) in [7, 11) is -1.01. The van der Waals surface area contributed by atoms with Crippen LogP contribution in [0.4, 0.5) is 5.69 Å². The fourth-order valence-electron chi connectivity index (χ4n) is 1.71. The molecule has 19 heavy (non-hydrogen) atoms. The SMILES string of the molecule is O=[N+]([O-])c1ccc(C[S@@](=O)Cc2ccccc2)cc1. The van der Waals surface area contributed by atoms with Crippen LogP contribution in [-0.2, 0) is 22.3 Å². The van der Waals surface area contributed by atoms with Crippen molar-refractivity contribution in [2.75, 3.05) is 0 Å². The van der Waals surface area contributed by atoms with Crippen LogP contribution in [0.5, 0.6) is 0 Å². The molecule has 0 unspecified atom stereocenters. The Morgan fingerprint density at radius 2 is 1.42 bits per heavy atom. The molecule has 0 amide bonds. The van der Waals surface area contributed by atoms with Gasteiger partial charge in [0.05, 0.1) is 4.92 Å². The summed E-state index contributed by atoms with van der Waals surface area (Å²) in [5.74, 6) is 0.907. The molecule has 0 aliphatic carbocycles. The summed E-state index contributed by atoms with van der Waals surface area (Å²) >= 11 is 0. The van der Waals surface area contributed by atoms with E-state index in [4.69, 9.17) is 0 Å². The molecule has 0 N–H and O–H groups in total. The Hall–Kier alpha value is -2.01. The molecule has 0 aromatic heterocycles. The monoisotopic (exact) mass is 275 g/mol. The Morgan fingerprint density at radius 3 is 1.95 bits per heavy atom. The molecule has 0 aliphatic rings. The summed E-state index contributed by atoms with van der Waals surface area (Å²) in [6.45, 7) is 0. The second-order valence-corrected chi connectivity index (χ2v) is 5.59. The molecule has 0 saturated heterocycles. The number of nitro benzene ring substituents is 1. The maximum Gasteiger partial charge on any atom is 0.269 e. The van der Waals surface area contributed by atoms with Gasteiger partial charge >= 0.3 is 0 Å². The van der Waals surface area contributed by atoms with Crippen LogP contribution in [0, 0.1) is 10.1 Å². The van der Waals surface area contributed by atoms with Gasteiger partial charge in [-0.3, -0.25) is 14.3 Å². The lowest BCUT2D eigenvalue weighted by atomic mass is 10.2. The van der Waals surface area contributed by atoms with Crippen LogP contribution in [0.25, 0.3) is 0 Å². The van der Waals surface area contributed by atoms with Crippen molar-refractivity contribution in [2.24, 2.45) is 0 Å². The number of benzene rings is 2. The second-order valence-electron chi connectivity index (χ2n) is 4.14. The number of hydrogen-bond acceptors (Lipinski definition) is 3. The normalized spacial score (nSPS) is 12.0. The van der Waals surface area contributed by atoms with Crippen LogP contribution < -0.4 is 0 Å². The van der Waals surface area contributed by atoms with Gasteiger partial charge in [-0.15, -0.1) is 0 Å². The molecule has 0 aliphatic heterocycles. The van der Waals surface area contributed by atoms with Gasteiger partial charge in [-0.25, -0.2) is 0 Å². The van der Waals surface area contributed by atoms with Gasteiger partial charge in [0.1, 0.15) is 0 Å². The molecule has 0 spiro atoms. The van der Waals surface area contributed by atoms with Crippen LogP contribution in [0.1, 0.15) is 11.1 Å². The highest BCUT2D eigenvalue weighted by molar-refractivity contribution is 7.83. The zero-order valence-electron chi connectivity index (χ0n) is 10.2. The quantitative estimate of drug-likeness (QED) is 0.622. The first-order valence-electron chi connectivity index (χ1n) is 5.77. The zero-order chi connectivity index (χ0) is 13.7. The van der Waals surface area contributed by atoms with E-state index in [1.807, 2.05) is 30.3 Å². The summed E-state index contributed by atoms with van der Waals surface area (Å²) in [6.07, 6.45) is 0. The Kier molecular flexibility index (Phi) is 4.41. The number of nitrogens with zero attached hydrogens (tertiary/aromatic N) is 1. The molecular formula is C14H13NO3S. The summed E-state index contributed by atoms with van der Waals surface area (Å²) < 4.78 is 12.0. The molecule has 4 nitrogen and oxygen atoms in total. The average Bonchev–Trinajstić information content (AvgIpc) is 2.40. The third kappa shape index (κ3) is 3.99. The van der Waals surface area contributed by atoms with Crippen molar-refractivity contribution >= 4 is 16.5 Å². The second kappa shape index (κ2) is 6.24. The van der Waals surface area contributed by atoms with Crippen LogP contribution >= 0.6 is 0 Å². The molecule has 1 atom stereocenters. The van der Waals surface area contributed by atoms with Crippen molar-refractivity contribution in [1.82, 2.24) is 0 Å². The summed E-state index contributed by atoms with van der Waals surface area (Å²) in [5, 5.41) is 10.5. The van der Waals surface area contributed by atoms with Gasteiger partial charge in [-0.2, -0.15) is 0 Å². The first-order valence-corrected chi connectivity index (χ1v) is 7.26. The van der Waals surface area contributed by atoms with E-state index in [-0.39, 0.29) is 5.69 Å². The molecule has 5 heteroatoms. The maximum atomic E-state index is 12.0. The van der Waals surface area contributed by atoms with Crippen molar-refractivity contribution in [3.05, 3.63) is 75.8 Å². The highest BCUT2D eigenvalue weighted by atomic mass is 32.2. The summed E-state index contributed by atoms with van der Waals surface area (Å²) in [6, 6.07) is 15.8. The van der Waals surface area contributed by atoms with Gasteiger partial charge in [0.2, 0.25) is 0 Å². The number of rotatable bonds is 5. The minimum Gasteiger partial charge on any atom is -0.259 e. The van der Waals surface area contributed by atoms with E-state index in [9.17, 15) is 14.3 Å². The molecule has 2 rings (SSSR count). The number of non-ortho nitro benzene ring substituents is 1. The molecule has 2 aromatic rings. The van der Waals surface area contributed by atoms with E-state index >= 15 is 0 Å². The third-order valence-corrected chi connectivity index (χ3v) is 3.96. The summed E-state index contributed by atoms with van der Waals surface area (Å²) in [4.78, 5) is 10.1. The molecule has 2 aromatic carbocycles. The number of hydrogen-bond donors (Lipinski definition) is 0. The lowest BCUT2D eigenvalue weighted by molar-refractivity contribution is -0.384. The number of nitro groups is 1. The van der Waals surface area contributed by atoms with Crippen molar-refractivity contribution in [3.8, 4) is 0 Å². The van der Waals surface area contributed by atoms with E-state index in [0.29, 0.717) is 11.5 Å². The fraction of sp³-hybridized carbons (Fsp3) is 0.143. The highest BCUT2D eigenvalue weighted by Gasteiger charge is 2.07. The molecule has 0 heterocycles. The molecule has 0 bridgehead atoms. The lowest BCUT2D eigenvalue weighted by Gasteiger charge is -2.03. The first kappa shape index (κ1) is 13.4. The van der Waals surface area contributed by atoms with Crippen LogP contribution in [-0.4, -0.2) is 9.13 Å². The molecular weight excluding hydrogens is 262 g/mol. The van der Waals surface area contributed by atoms with Crippen molar-refractivity contribution < 1.29 is 9.13 Å². The van der Waals surface area contributed by atoms with Gasteiger partial charge in [-0.1, -0.05) is 42.5 Å². The highest BCUT2D eigenvalue weighted by Crippen LogP contribution is 2.14. The van der Waals surface area contributed by atoms with Gasteiger partial charge in [-0.05, 0) is 11.1 Å². The molecule has 0 fully saturated rings. The standard InChI is InChI=1S/C14H13NO3S/c16-15(17)14-8-6-13(7-9-14)11-19(18)10-12-4-2-1-3-5-12/h1-9H,10-11H2/t19-/m0/s1. The van der Waals surface area contributed by atoms with Crippen molar-refractivity contribution in [3.63, 3.8) is 0 Å². The maximum absolute atomic E-state index is 12.0. The Bertz CT molecular complexity index is 581. The van der Waals surface area contributed by atoms with E-state index in [0.717, 1.165) is 11.1 Å². The van der Waals surface area contributed by atoms with E-state index in [1.54, 1.807) is 12.1 Å². The van der Waals surface area contributed by atoms with Gasteiger partial charge in [0.15, 0.2) is 0 Å². The molecule has 0 radical (unpaired) electrons. The smallest absolute Gasteiger partial charge is 0.259 e.